The second-order valence-corrected chi connectivity index (χ2v) is 7.35. The summed E-state index contributed by atoms with van der Waals surface area (Å²) in [5, 5.41) is 4.08. The van der Waals surface area contributed by atoms with Crippen LogP contribution >= 0.6 is 11.6 Å². The van der Waals surface area contributed by atoms with E-state index >= 15 is 0 Å². The van der Waals surface area contributed by atoms with Crippen LogP contribution in [0.15, 0.2) is 12.1 Å². The molecule has 1 aromatic rings. The second kappa shape index (κ2) is 11.0. The highest BCUT2D eigenvalue weighted by Gasteiger charge is 2.21. The van der Waals surface area contributed by atoms with Crippen molar-refractivity contribution in [2.45, 2.75) is 52.4 Å². The number of morpholine rings is 1. The molecule has 0 radical (unpaired) electrons. The third-order valence-corrected chi connectivity index (χ3v) is 4.76. The second-order valence-electron chi connectivity index (χ2n) is 6.94. The SMILES string of the molecule is CCOc1cc(CNCCCCN2C[C@@H](C)O[C@H](C)C2)cc(Cl)c1OC. The third kappa shape index (κ3) is 6.62. The summed E-state index contributed by atoms with van der Waals surface area (Å²) >= 11 is 6.29. The van der Waals surface area contributed by atoms with Crippen LogP contribution in [0.3, 0.4) is 0 Å². The van der Waals surface area contributed by atoms with E-state index in [1.165, 1.54) is 6.42 Å². The van der Waals surface area contributed by atoms with Crippen LogP contribution in [0, 0.1) is 0 Å². The zero-order chi connectivity index (χ0) is 18.9. The Labute approximate surface area is 162 Å². The van der Waals surface area contributed by atoms with E-state index in [9.17, 15) is 0 Å². The van der Waals surface area contributed by atoms with Gasteiger partial charge in [0.1, 0.15) is 0 Å². The summed E-state index contributed by atoms with van der Waals surface area (Å²) < 4.78 is 16.7. The Bertz CT molecular complexity index is 546. The van der Waals surface area contributed by atoms with Crippen LogP contribution in [-0.2, 0) is 11.3 Å². The van der Waals surface area contributed by atoms with E-state index in [0.717, 1.165) is 44.7 Å². The largest absolute Gasteiger partial charge is 0.491 e. The average molecular weight is 385 g/mol. The van der Waals surface area contributed by atoms with Crippen molar-refractivity contribution < 1.29 is 14.2 Å². The lowest BCUT2D eigenvalue weighted by molar-refractivity contribution is -0.0681. The smallest absolute Gasteiger partial charge is 0.179 e. The number of ether oxygens (including phenoxy) is 3. The standard InChI is InChI=1S/C20H33ClN2O3/c1-5-25-19-11-17(10-18(21)20(19)24-4)12-22-8-6-7-9-23-13-15(2)26-16(3)14-23/h10-11,15-16,22H,5-9,12-14H2,1-4H3/t15-,16-/m1/s1. The number of rotatable bonds is 10. The zero-order valence-electron chi connectivity index (χ0n) is 16.5. The van der Waals surface area contributed by atoms with Crippen LogP contribution < -0.4 is 14.8 Å². The van der Waals surface area contributed by atoms with Crippen molar-refractivity contribution in [3.05, 3.63) is 22.7 Å². The molecule has 6 heteroatoms. The molecule has 1 saturated heterocycles. The number of benzene rings is 1. The molecule has 1 N–H and O–H groups in total. The van der Waals surface area contributed by atoms with Gasteiger partial charge >= 0.3 is 0 Å². The third-order valence-electron chi connectivity index (χ3n) is 4.48. The number of unbranched alkanes of at least 4 members (excludes halogenated alkanes) is 1. The number of nitrogens with zero attached hydrogens (tertiary/aromatic N) is 1. The molecule has 0 spiro atoms. The molecule has 0 saturated carbocycles. The van der Waals surface area contributed by atoms with Gasteiger partial charge in [-0.05, 0) is 64.4 Å². The number of methoxy groups -OCH3 is 1. The molecule has 1 aliphatic heterocycles. The Morgan fingerprint density at radius 1 is 1.23 bits per heavy atom. The van der Waals surface area contributed by atoms with Crippen LogP contribution in [0.5, 0.6) is 11.5 Å². The molecule has 148 valence electrons. The van der Waals surface area contributed by atoms with Crippen molar-refractivity contribution in [3.8, 4) is 11.5 Å². The van der Waals surface area contributed by atoms with Crippen LogP contribution in [0.2, 0.25) is 5.02 Å². The summed E-state index contributed by atoms with van der Waals surface area (Å²) in [5.74, 6) is 1.31. The predicted octanol–water partition coefficient (Wildman–Crippen LogP) is 3.73. The first-order chi connectivity index (χ1) is 12.5. The molecule has 0 aromatic heterocycles. The summed E-state index contributed by atoms with van der Waals surface area (Å²) in [5.41, 5.74) is 1.11. The van der Waals surface area contributed by atoms with E-state index in [2.05, 4.69) is 24.1 Å². The Balaban J connectivity index is 1.69. The van der Waals surface area contributed by atoms with E-state index in [4.69, 9.17) is 25.8 Å². The molecule has 1 aliphatic rings. The maximum atomic E-state index is 6.29. The summed E-state index contributed by atoms with van der Waals surface area (Å²) in [6.45, 7) is 11.8. The monoisotopic (exact) mass is 384 g/mol. The molecule has 5 nitrogen and oxygen atoms in total. The lowest BCUT2D eigenvalue weighted by Gasteiger charge is -2.35. The van der Waals surface area contributed by atoms with Crippen molar-refractivity contribution in [1.82, 2.24) is 10.2 Å². The van der Waals surface area contributed by atoms with Gasteiger partial charge < -0.3 is 19.5 Å². The molecule has 2 rings (SSSR count). The molecule has 1 heterocycles. The number of hydrogen-bond donors (Lipinski definition) is 1. The number of hydrogen-bond acceptors (Lipinski definition) is 5. The molecule has 26 heavy (non-hydrogen) atoms. The van der Waals surface area contributed by atoms with Crippen LogP contribution in [0.25, 0.3) is 0 Å². The maximum absolute atomic E-state index is 6.29. The fourth-order valence-electron chi connectivity index (χ4n) is 3.47. The Morgan fingerprint density at radius 2 is 1.96 bits per heavy atom. The van der Waals surface area contributed by atoms with Gasteiger partial charge in [0.15, 0.2) is 11.5 Å². The molecule has 0 unspecified atom stereocenters. The van der Waals surface area contributed by atoms with Crippen molar-refractivity contribution in [1.29, 1.82) is 0 Å². The fraction of sp³-hybridized carbons (Fsp3) is 0.700. The van der Waals surface area contributed by atoms with Gasteiger partial charge in [-0.3, -0.25) is 4.90 Å². The van der Waals surface area contributed by atoms with Gasteiger partial charge in [-0.25, -0.2) is 0 Å². The summed E-state index contributed by atoms with van der Waals surface area (Å²) in [7, 11) is 1.61. The minimum atomic E-state index is 0.344. The van der Waals surface area contributed by atoms with E-state index in [0.29, 0.717) is 35.3 Å². The highest BCUT2D eigenvalue weighted by Crippen LogP contribution is 2.36. The van der Waals surface area contributed by atoms with Gasteiger partial charge in [0.05, 0.1) is 30.9 Å². The summed E-state index contributed by atoms with van der Waals surface area (Å²) in [4.78, 5) is 2.51. The lowest BCUT2D eigenvalue weighted by Crippen LogP contribution is -2.45. The van der Waals surface area contributed by atoms with Crippen LogP contribution in [0.1, 0.15) is 39.2 Å². The maximum Gasteiger partial charge on any atom is 0.179 e. The highest BCUT2D eigenvalue weighted by atomic mass is 35.5. The average Bonchev–Trinajstić information content (AvgIpc) is 2.57. The van der Waals surface area contributed by atoms with Gasteiger partial charge in [-0.1, -0.05) is 11.6 Å². The topological polar surface area (TPSA) is 43.0 Å². The zero-order valence-corrected chi connectivity index (χ0v) is 17.3. The van der Waals surface area contributed by atoms with Gasteiger partial charge in [0.2, 0.25) is 0 Å². The quantitative estimate of drug-likeness (QED) is 0.622. The Kier molecular flexibility index (Phi) is 8.99. The van der Waals surface area contributed by atoms with E-state index in [-0.39, 0.29) is 0 Å². The number of halogens is 1. The highest BCUT2D eigenvalue weighted by molar-refractivity contribution is 6.32. The van der Waals surface area contributed by atoms with E-state index in [1.54, 1.807) is 7.11 Å². The lowest BCUT2D eigenvalue weighted by atomic mass is 10.2. The van der Waals surface area contributed by atoms with Gasteiger partial charge in [0, 0.05) is 19.6 Å². The first kappa shape index (κ1) is 21.3. The number of nitrogens with one attached hydrogen (secondary N) is 1. The van der Waals surface area contributed by atoms with Crippen molar-refractivity contribution in [3.63, 3.8) is 0 Å². The minimum absolute atomic E-state index is 0.344. The summed E-state index contributed by atoms with van der Waals surface area (Å²) in [6.07, 6.45) is 3.04. The van der Waals surface area contributed by atoms with Gasteiger partial charge in [-0.15, -0.1) is 0 Å². The van der Waals surface area contributed by atoms with E-state index < -0.39 is 0 Å². The van der Waals surface area contributed by atoms with Crippen LogP contribution in [0.4, 0.5) is 0 Å². The summed E-state index contributed by atoms with van der Waals surface area (Å²) in [6, 6.07) is 3.93. The molecule has 1 aromatic carbocycles. The molecule has 1 fully saturated rings. The normalized spacial score (nSPS) is 21.0. The van der Waals surface area contributed by atoms with Crippen molar-refractivity contribution in [2.24, 2.45) is 0 Å². The van der Waals surface area contributed by atoms with Gasteiger partial charge in [-0.2, -0.15) is 0 Å². The Morgan fingerprint density at radius 3 is 2.62 bits per heavy atom. The minimum Gasteiger partial charge on any atom is -0.491 e. The molecule has 0 amide bonds. The van der Waals surface area contributed by atoms with E-state index in [1.807, 2.05) is 19.1 Å². The molecular formula is C20H33ClN2O3. The molecule has 0 bridgehead atoms. The predicted molar refractivity (Wildman–Crippen MR) is 107 cm³/mol. The van der Waals surface area contributed by atoms with Crippen molar-refractivity contribution in [2.75, 3.05) is 39.9 Å². The molecule has 0 aliphatic carbocycles. The first-order valence-electron chi connectivity index (χ1n) is 9.61. The fourth-order valence-corrected chi connectivity index (χ4v) is 3.78. The molecular weight excluding hydrogens is 352 g/mol. The molecule has 2 atom stereocenters. The van der Waals surface area contributed by atoms with Crippen LogP contribution in [-0.4, -0.2) is 57.0 Å². The van der Waals surface area contributed by atoms with Gasteiger partial charge in [0.25, 0.3) is 0 Å². The Hall–Kier alpha value is -1.01. The van der Waals surface area contributed by atoms with Crippen molar-refractivity contribution >= 4 is 11.6 Å². The first-order valence-corrected chi connectivity index (χ1v) is 9.99.